The molecule has 7 heteroatoms. The molecule has 1 aromatic carbocycles. The molecule has 0 spiro atoms. The van der Waals surface area contributed by atoms with Gasteiger partial charge in [0.25, 0.3) is 5.91 Å². The smallest absolute Gasteiger partial charge is 0.251 e. The van der Waals surface area contributed by atoms with E-state index in [2.05, 4.69) is 10.2 Å². The lowest BCUT2D eigenvalue weighted by Crippen LogP contribution is -2.40. The van der Waals surface area contributed by atoms with E-state index in [0.29, 0.717) is 35.2 Å². The number of halogens is 1. The van der Waals surface area contributed by atoms with Crippen molar-refractivity contribution in [2.45, 2.75) is 38.6 Å². The highest BCUT2D eigenvalue weighted by Gasteiger charge is 2.25. The number of benzene rings is 1. The summed E-state index contributed by atoms with van der Waals surface area (Å²) in [6, 6.07) is 7.14. The van der Waals surface area contributed by atoms with E-state index >= 15 is 0 Å². The van der Waals surface area contributed by atoms with Gasteiger partial charge in [-0.25, -0.2) is 0 Å². The first-order valence-corrected chi connectivity index (χ1v) is 10.6. The summed E-state index contributed by atoms with van der Waals surface area (Å²) in [6.07, 6.45) is 6.10. The third-order valence-electron chi connectivity index (χ3n) is 5.10. The van der Waals surface area contributed by atoms with Gasteiger partial charge in [-0.15, -0.1) is 0 Å². The Morgan fingerprint density at radius 3 is 2.76 bits per heavy atom. The van der Waals surface area contributed by atoms with Crippen molar-refractivity contribution in [2.24, 2.45) is 0 Å². The number of nitrogens with one attached hydrogen (secondary N) is 1. The summed E-state index contributed by atoms with van der Waals surface area (Å²) in [7, 11) is 1.54. The van der Waals surface area contributed by atoms with E-state index in [1.165, 1.54) is 13.5 Å². The first kappa shape index (κ1) is 21.5. The molecule has 158 valence electrons. The Bertz CT molecular complexity index is 788. The molecule has 1 unspecified atom stereocenters. The molecule has 1 N–H and O–H groups in total. The van der Waals surface area contributed by atoms with Crippen LogP contribution in [0.5, 0.6) is 11.5 Å². The lowest BCUT2D eigenvalue weighted by atomic mass is 10.1. The number of hydrogen-bond donors (Lipinski definition) is 1. The largest absolute Gasteiger partial charge is 0.493 e. The number of rotatable bonds is 9. The quantitative estimate of drug-likeness (QED) is 0.637. The van der Waals surface area contributed by atoms with Crippen molar-refractivity contribution in [3.63, 3.8) is 0 Å². The summed E-state index contributed by atoms with van der Waals surface area (Å²) < 4.78 is 16.7. The second-order valence-electron chi connectivity index (χ2n) is 7.18. The molecule has 0 aliphatic carbocycles. The van der Waals surface area contributed by atoms with E-state index in [1.807, 2.05) is 19.1 Å². The van der Waals surface area contributed by atoms with Gasteiger partial charge in [-0.3, -0.25) is 9.69 Å². The van der Waals surface area contributed by atoms with Crippen LogP contribution in [0.3, 0.4) is 0 Å². The van der Waals surface area contributed by atoms with Gasteiger partial charge in [0.15, 0.2) is 11.5 Å². The fourth-order valence-electron chi connectivity index (χ4n) is 3.61. The summed E-state index contributed by atoms with van der Waals surface area (Å²) in [5.74, 6) is 1.58. The van der Waals surface area contributed by atoms with E-state index in [4.69, 9.17) is 25.5 Å². The Morgan fingerprint density at radius 2 is 2.10 bits per heavy atom. The zero-order valence-corrected chi connectivity index (χ0v) is 17.8. The zero-order valence-electron chi connectivity index (χ0n) is 17.1. The van der Waals surface area contributed by atoms with Gasteiger partial charge >= 0.3 is 0 Å². The maximum absolute atomic E-state index is 12.8. The molecule has 6 nitrogen and oxygen atoms in total. The first-order chi connectivity index (χ1) is 14.1. The van der Waals surface area contributed by atoms with Crippen LogP contribution >= 0.6 is 11.6 Å². The molecule has 0 saturated carbocycles. The molecular formula is C22H29ClN2O4. The number of furan rings is 1. The van der Waals surface area contributed by atoms with Crippen molar-refractivity contribution >= 4 is 17.5 Å². The van der Waals surface area contributed by atoms with Crippen LogP contribution in [0.15, 0.2) is 34.9 Å². The van der Waals surface area contributed by atoms with Crippen molar-refractivity contribution < 1.29 is 18.7 Å². The highest BCUT2D eigenvalue weighted by atomic mass is 35.5. The summed E-state index contributed by atoms with van der Waals surface area (Å²) >= 11 is 6.35. The average molecular weight is 421 g/mol. The van der Waals surface area contributed by atoms with Crippen LogP contribution in [0.25, 0.3) is 0 Å². The van der Waals surface area contributed by atoms with E-state index in [1.54, 1.807) is 18.4 Å². The van der Waals surface area contributed by atoms with E-state index in [0.717, 1.165) is 38.1 Å². The minimum absolute atomic E-state index is 0.0128. The Morgan fingerprint density at radius 1 is 1.31 bits per heavy atom. The number of methoxy groups -OCH3 is 1. The minimum Gasteiger partial charge on any atom is -0.493 e. The van der Waals surface area contributed by atoms with Gasteiger partial charge < -0.3 is 19.2 Å². The molecule has 29 heavy (non-hydrogen) atoms. The number of likely N-dealkylation sites (tertiary alicyclic amines) is 1. The fourth-order valence-corrected chi connectivity index (χ4v) is 3.87. The highest BCUT2D eigenvalue weighted by molar-refractivity contribution is 6.32. The van der Waals surface area contributed by atoms with Gasteiger partial charge in [0.1, 0.15) is 5.76 Å². The Kier molecular flexibility index (Phi) is 7.83. The predicted octanol–water partition coefficient (Wildman–Crippen LogP) is 4.69. The summed E-state index contributed by atoms with van der Waals surface area (Å²) in [5.41, 5.74) is 0.438. The third-order valence-corrected chi connectivity index (χ3v) is 5.38. The topological polar surface area (TPSA) is 63.9 Å². The zero-order chi connectivity index (χ0) is 20.6. The minimum atomic E-state index is -0.208. The number of amides is 1. The number of carbonyl (C=O) groups excluding carboxylic acids is 1. The molecule has 2 heterocycles. The predicted molar refractivity (Wildman–Crippen MR) is 113 cm³/mol. The van der Waals surface area contributed by atoms with Gasteiger partial charge in [0.05, 0.1) is 31.0 Å². The molecule has 1 aromatic heterocycles. The molecule has 0 bridgehead atoms. The normalized spacial score (nSPS) is 15.7. The third kappa shape index (κ3) is 5.46. The number of nitrogens with zero attached hydrogens (tertiary/aromatic N) is 1. The maximum atomic E-state index is 12.8. The number of carbonyl (C=O) groups is 1. The van der Waals surface area contributed by atoms with E-state index in [-0.39, 0.29) is 11.9 Å². The van der Waals surface area contributed by atoms with Gasteiger partial charge in [0, 0.05) is 12.1 Å². The fraction of sp³-hybridized carbons (Fsp3) is 0.500. The summed E-state index contributed by atoms with van der Waals surface area (Å²) in [4.78, 5) is 15.2. The molecule has 1 amide bonds. The lowest BCUT2D eigenvalue weighted by Gasteiger charge is -2.33. The SMILES string of the molecule is CCCOc1c(Cl)cc(C(=O)NCC(c2ccco2)N2CCCCC2)cc1OC. The van der Waals surface area contributed by atoms with Crippen molar-refractivity contribution in [1.82, 2.24) is 10.2 Å². The molecular weight excluding hydrogens is 392 g/mol. The van der Waals surface area contributed by atoms with Crippen LogP contribution in [-0.2, 0) is 0 Å². The van der Waals surface area contributed by atoms with Gasteiger partial charge in [-0.1, -0.05) is 24.9 Å². The van der Waals surface area contributed by atoms with Crippen molar-refractivity contribution in [3.05, 3.63) is 46.9 Å². The van der Waals surface area contributed by atoms with E-state index in [9.17, 15) is 4.79 Å². The van der Waals surface area contributed by atoms with Crippen molar-refractivity contribution in [1.29, 1.82) is 0 Å². The van der Waals surface area contributed by atoms with Crippen LogP contribution in [0.1, 0.15) is 54.8 Å². The average Bonchev–Trinajstić information content (AvgIpc) is 3.27. The molecule has 1 fully saturated rings. The molecule has 2 aromatic rings. The van der Waals surface area contributed by atoms with Gasteiger partial charge in [-0.2, -0.15) is 0 Å². The van der Waals surface area contributed by atoms with Crippen LogP contribution < -0.4 is 14.8 Å². The summed E-state index contributed by atoms with van der Waals surface area (Å²) in [6.45, 7) is 5.01. The van der Waals surface area contributed by atoms with Crippen molar-refractivity contribution in [2.75, 3.05) is 33.4 Å². The van der Waals surface area contributed by atoms with E-state index < -0.39 is 0 Å². The van der Waals surface area contributed by atoms with Crippen LogP contribution in [-0.4, -0.2) is 44.2 Å². The highest BCUT2D eigenvalue weighted by Crippen LogP contribution is 2.36. The molecule has 1 atom stereocenters. The first-order valence-electron chi connectivity index (χ1n) is 10.2. The van der Waals surface area contributed by atoms with Crippen LogP contribution in [0, 0.1) is 0 Å². The lowest BCUT2D eigenvalue weighted by molar-refractivity contribution is 0.0913. The molecule has 3 rings (SSSR count). The molecule has 1 aliphatic rings. The van der Waals surface area contributed by atoms with Gasteiger partial charge in [0.2, 0.25) is 0 Å². The Hall–Kier alpha value is -2.18. The molecule has 0 radical (unpaired) electrons. The second kappa shape index (κ2) is 10.6. The monoisotopic (exact) mass is 420 g/mol. The summed E-state index contributed by atoms with van der Waals surface area (Å²) in [5, 5.41) is 3.39. The second-order valence-corrected chi connectivity index (χ2v) is 7.58. The van der Waals surface area contributed by atoms with Crippen LogP contribution in [0.2, 0.25) is 5.02 Å². The Balaban J connectivity index is 1.72. The van der Waals surface area contributed by atoms with Gasteiger partial charge in [-0.05, 0) is 56.6 Å². The number of hydrogen-bond acceptors (Lipinski definition) is 5. The van der Waals surface area contributed by atoms with Crippen molar-refractivity contribution in [3.8, 4) is 11.5 Å². The van der Waals surface area contributed by atoms with Crippen LogP contribution in [0.4, 0.5) is 0 Å². The standard InChI is InChI=1S/C22H29ClN2O4/c1-3-11-29-21-17(23)13-16(14-20(21)27-2)22(26)24-15-18(19-8-7-12-28-19)25-9-5-4-6-10-25/h7-8,12-14,18H,3-6,9-11,15H2,1-2H3,(H,24,26). The Labute approximate surface area is 177 Å². The number of ether oxygens (including phenoxy) is 2. The molecule has 1 aliphatic heterocycles. The molecule has 1 saturated heterocycles. The number of piperidine rings is 1. The maximum Gasteiger partial charge on any atom is 0.251 e.